The molecule has 0 N–H and O–H groups in total. The van der Waals surface area contributed by atoms with Gasteiger partial charge in [0.25, 0.3) is 0 Å². The Morgan fingerprint density at radius 1 is 0.889 bits per heavy atom. The summed E-state index contributed by atoms with van der Waals surface area (Å²) >= 11 is 0. The molecule has 0 bridgehead atoms. The first-order chi connectivity index (χ1) is 12.9. The molecule has 0 aromatic heterocycles. The minimum absolute atomic E-state index is 0.0721. The Bertz CT molecular complexity index is 663. The lowest BCUT2D eigenvalue weighted by molar-refractivity contribution is -0.152. The van der Waals surface area contributed by atoms with Crippen LogP contribution in [0.15, 0.2) is 36.9 Å². The Hall–Kier alpha value is -3.16. The third-order valence-electron chi connectivity index (χ3n) is 3.13. The summed E-state index contributed by atoms with van der Waals surface area (Å²) in [7, 11) is 0. The number of esters is 4. The van der Waals surface area contributed by atoms with Crippen LogP contribution in [0.4, 0.5) is 0 Å². The summed E-state index contributed by atoms with van der Waals surface area (Å²) in [5.74, 6) is -1.64. The standard InChI is InChI=1S/C19H22O8/c1-3-17(21)25-12-13-26-19(23)9-8-18(22)24-11-10-15-4-6-16(7-5-15)27-14(2)20/h3-7H,1,8-13H2,2H3. The highest BCUT2D eigenvalue weighted by Gasteiger charge is 2.09. The number of carbonyl (C=O) groups is 4. The Kier molecular flexibility index (Phi) is 9.92. The van der Waals surface area contributed by atoms with Crippen LogP contribution >= 0.6 is 0 Å². The zero-order valence-electron chi connectivity index (χ0n) is 15.1. The number of benzene rings is 1. The topological polar surface area (TPSA) is 105 Å². The molecule has 0 unspecified atom stereocenters. The van der Waals surface area contributed by atoms with Crippen LogP contribution in [-0.4, -0.2) is 43.7 Å². The van der Waals surface area contributed by atoms with Gasteiger partial charge >= 0.3 is 23.9 Å². The molecule has 0 radical (unpaired) electrons. The van der Waals surface area contributed by atoms with Gasteiger partial charge in [0.2, 0.25) is 0 Å². The van der Waals surface area contributed by atoms with Gasteiger partial charge in [-0.1, -0.05) is 18.7 Å². The van der Waals surface area contributed by atoms with Crippen molar-refractivity contribution in [2.45, 2.75) is 26.2 Å². The Labute approximate surface area is 157 Å². The SMILES string of the molecule is C=CC(=O)OCCOC(=O)CCC(=O)OCCc1ccc(OC(C)=O)cc1. The van der Waals surface area contributed by atoms with E-state index in [1.54, 1.807) is 24.3 Å². The van der Waals surface area contributed by atoms with Crippen molar-refractivity contribution in [3.63, 3.8) is 0 Å². The third kappa shape index (κ3) is 10.4. The molecule has 0 amide bonds. The molecule has 0 aliphatic carbocycles. The first kappa shape index (κ1) is 21.9. The summed E-state index contributed by atoms with van der Waals surface area (Å²) in [6.45, 7) is 4.56. The number of rotatable bonds is 11. The highest BCUT2D eigenvalue weighted by Crippen LogP contribution is 2.13. The van der Waals surface area contributed by atoms with Crippen LogP contribution in [0, 0.1) is 0 Å². The van der Waals surface area contributed by atoms with Gasteiger partial charge in [0.15, 0.2) is 0 Å². The van der Waals surface area contributed by atoms with Crippen molar-refractivity contribution < 1.29 is 38.1 Å². The molecule has 0 spiro atoms. The largest absolute Gasteiger partial charge is 0.465 e. The van der Waals surface area contributed by atoms with Gasteiger partial charge in [-0.25, -0.2) is 4.79 Å². The second-order valence-corrected chi connectivity index (χ2v) is 5.30. The summed E-state index contributed by atoms with van der Waals surface area (Å²) in [6.07, 6.45) is 1.28. The van der Waals surface area contributed by atoms with Crippen molar-refractivity contribution >= 4 is 23.9 Å². The number of hydrogen-bond acceptors (Lipinski definition) is 8. The van der Waals surface area contributed by atoms with Gasteiger partial charge in [-0.2, -0.15) is 0 Å². The minimum atomic E-state index is -0.601. The molecule has 0 heterocycles. The number of carbonyl (C=O) groups excluding carboxylic acids is 4. The average Bonchev–Trinajstić information content (AvgIpc) is 2.64. The van der Waals surface area contributed by atoms with Crippen LogP contribution in [0.3, 0.4) is 0 Å². The molecule has 1 rings (SSSR count). The minimum Gasteiger partial charge on any atom is -0.465 e. The number of hydrogen-bond donors (Lipinski definition) is 0. The van der Waals surface area contributed by atoms with Gasteiger partial charge in [0.05, 0.1) is 19.4 Å². The van der Waals surface area contributed by atoms with Crippen molar-refractivity contribution in [2.75, 3.05) is 19.8 Å². The fraction of sp³-hybridized carbons (Fsp3) is 0.368. The summed E-state index contributed by atoms with van der Waals surface area (Å²) in [5, 5.41) is 0. The first-order valence-electron chi connectivity index (χ1n) is 8.28. The molecular formula is C19H22O8. The fourth-order valence-corrected chi connectivity index (χ4v) is 1.88. The average molecular weight is 378 g/mol. The highest BCUT2D eigenvalue weighted by atomic mass is 16.6. The maximum absolute atomic E-state index is 11.6. The van der Waals surface area contributed by atoms with Crippen LogP contribution < -0.4 is 4.74 Å². The summed E-state index contributed by atoms with van der Waals surface area (Å²) in [4.78, 5) is 44.6. The molecule has 1 aromatic rings. The lowest BCUT2D eigenvalue weighted by Crippen LogP contribution is -2.15. The molecule has 1 aromatic carbocycles. The highest BCUT2D eigenvalue weighted by molar-refractivity contribution is 5.81. The van der Waals surface area contributed by atoms with E-state index in [0.29, 0.717) is 12.2 Å². The van der Waals surface area contributed by atoms with Gasteiger partial charge in [-0.05, 0) is 17.7 Å². The van der Waals surface area contributed by atoms with Gasteiger partial charge < -0.3 is 18.9 Å². The van der Waals surface area contributed by atoms with Crippen LogP contribution in [0.5, 0.6) is 5.75 Å². The van der Waals surface area contributed by atoms with Crippen molar-refractivity contribution in [3.8, 4) is 5.75 Å². The van der Waals surface area contributed by atoms with E-state index in [0.717, 1.165) is 11.6 Å². The molecular weight excluding hydrogens is 356 g/mol. The van der Waals surface area contributed by atoms with E-state index in [2.05, 4.69) is 11.3 Å². The molecule has 146 valence electrons. The maximum atomic E-state index is 11.6. The zero-order chi connectivity index (χ0) is 20.1. The van der Waals surface area contributed by atoms with Crippen molar-refractivity contribution in [3.05, 3.63) is 42.5 Å². The molecule has 0 aliphatic rings. The van der Waals surface area contributed by atoms with E-state index < -0.39 is 23.9 Å². The normalized spacial score (nSPS) is 9.81. The summed E-state index contributed by atoms with van der Waals surface area (Å²) in [5.41, 5.74) is 0.909. The van der Waals surface area contributed by atoms with Gasteiger partial charge in [-0.3, -0.25) is 14.4 Å². The molecule has 0 aliphatic heterocycles. The lowest BCUT2D eigenvalue weighted by atomic mass is 10.1. The monoisotopic (exact) mass is 378 g/mol. The molecule has 0 saturated heterocycles. The quantitative estimate of drug-likeness (QED) is 0.189. The van der Waals surface area contributed by atoms with Gasteiger partial charge in [-0.15, -0.1) is 0 Å². The Morgan fingerprint density at radius 3 is 2.00 bits per heavy atom. The zero-order valence-corrected chi connectivity index (χ0v) is 15.1. The summed E-state index contributed by atoms with van der Waals surface area (Å²) in [6, 6.07) is 6.84. The molecule has 8 heteroatoms. The van der Waals surface area contributed by atoms with E-state index in [-0.39, 0.29) is 32.7 Å². The van der Waals surface area contributed by atoms with Crippen molar-refractivity contribution in [1.29, 1.82) is 0 Å². The van der Waals surface area contributed by atoms with Crippen LogP contribution in [-0.2, 0) is 39.8 Å². The predicted molar refractivity (Wildman–Crippen MR) is 93.8 cm³/mol. The van der Waals surface area contributed by atoms with Gasteiger partial charge in [0.1, 0.15) is 19.0 Å². The second kappa shape index (κ2) is 12.2. The van der Waals surface area contributed by atoms with Crippen LogP contribution in [0.25, 0.3) is 0 Å². The fourth-order valence-electron chi connectivity index (χ4n) is 1.88. The van der Waals surface area contributed by atoms with E-state index in [4.69, 9.17) is 14.2 Å². The van der Waals surface area contributed by atoms with E-state index in [1.165, 1.54) is 6.92 Å². The molecule has 27 heavy (non-hydrogen) atoms. The molecule has 8 nitrogen and oxygen atoms in total. The lowest BCUT2D eigenvalue weighted by Gasteiger charge is -2.07. The Balaban J connectivity index is 2.14. The van der Waals surface area contributed by atoms with Gasteiger partial charge in [0, 0.05) is 19.4 Å². The van der Waals surface area contributed by atoms with E-state index in [1.807, 2.05) is 0 Å². The van der Waals surface area contributed by atoms with Crippen LogP contribution in [0.1, 0.15) is 25.3 Å². The van der Waals surface area contributed by atoms with E-state index >= 15 is 0 Å². The van der Waals surface area contributed by atoms with Crippen molar-refractivity contribution in [2.24, 2.45) is 0 Å². The third-order valence-corrected chi connectivity index (χ3v) is 3.13. The molecule has 0 atom stereocenters. The van der Waals surface area contributed by atoms with Crippen LogP contribution in [0.2, 0.25) is 0 Å². The van der Waals surface area contributed by atoms with E-state index in [9.17, 15) is 19.2 Å². The van der Waals surface area contributed by atoms with Crippen molar-refractivity contribution in [1.82, 2.24) is 0 Å². The Morgan fingerprint density at radius 2 is 1.44 bits per heavy atom. The molecule has 0 saturated carbocycles. The maximum Gasteiger partial charge on any atom is 0.330 e. The number of ether oxygens (including phenoxy) is 4. The smallest absolute Gasteiger partial charge is 0.330 e. The first-order valence-corrected chi connectivity index (χ1v) is 8.28. The second-order valence-electron chi connectivity index (χ2n) is 5.30. The predicted octanol–water partition coefficient (Wildman–Crippen LogP) is 1.75. The molecule has 0 fully saturated rings. The summed E-state index contributed by atoms with van der Waals surface area (Å²) < 4.78 is 19.4.